The van der Waals surface area contributed by atoms with Crippen molar-refractivity contribution in [2.75, 3.05) is 37.9 Å². The number of amides is 1. The molecule has 8 heteroatoms. The van der Waals surface area contributed by atoms with Gasteiger partial charge in [-0.25, -0.2) is 4.98 Å². The number of nitrogens with zero attached hydrogens (tertiary/aromatic N) is 2. The van der Waals surface area contributed by atoms with Gasteiger partial charge in [-0.05, 0) is 44.2 Å². The van der Waals surface area contributed by atoms with Gasteiger partial charge in [0.1, 0.15) is 5.82 Å². The fraction of sp³-hybridized carbons (Fsp3) is 0.261. The molecule has 1 amide bonds. The number of anilines is 3. The van der Waals surface area contributed by atoms with Gasteiger partial charge in [-0.15, -0.1) is 0 Å². The molecule has 0 radical (unpaired) electrons. The van der Waals surface area contributed by atoms with Gasteiger partial charge in [0, 0.05) is 36.1 Å². The topological polar surface area (TPSA) is 97.4 Å². The number of carbonyl (C=O) groups is 1. The first-order valence-corrected chi connectivity index (χ1v) is 9.92. The lowest BCUT2D eigenvalue weighted by molar-refractivity contribution is 0.0954. The number of rotatable bonds is 9. The smallest absolute Gasteiger partial charge is 0.251 e. The Labute approximate surface area is 182 Å². The Kier molecular flexibility index (Phi) is 7.26. The number of nitrogens with one attached hydrogen (secondary N) is 3. The first kappa shape index (κ1) is 21.9. The Morgan fingerprint density at radius 2 is 1.65 bits per heavy atom. The molecule has 0 atom stereocenters. The maximum atomic E-state index is 12.4. The van der Waals surface area contributed by atoms with Crippen molar-refractivity contribution in [3.63, 3.8) is 0 Å². The minimum Gasteiger partial charge on any atom is -0.493 e. The molecule has 0 saturated carbocycles. The summed E-state index contributed by atoms with van der Waals surface area (Å²) in [5.41, 5.74) is 3.48. The molecule has 0 spiro atoms. The molecule has 1 aromatic heterocycles. The number of ether oxygens (including phenoxy) is 2. The standard InChI is InChI=1S/C23H27N5O3/c1-15-5-8-18(9-6-15)27-21-13-16(2)26-23(28-21)25-12-11-24-22(29)17-7-10-19(30-3)20(14-17)31-4/h5-10,13-14H,11-12H2,1-4H3,(H,24,29)(H2,25,26,27,28). The van der Waals surface area contributed by atoms with Crippen LogP contribution in [0.3, 0.4) is 0 Å². The summed E-state index contributed by atoms with van der Waals surface area (Å²) in [7, 11) is 3.09. The van der Waals surface area contributed by atoms with Crippen molar-refractivity contribution < 1.29 is 14.3 Å². The van der Waals surface area contributed by atoms with E-state index < -0.39 is 0 Å². The number of carbonyl (C=O) groups excluding carboxylic acids is 1. The van der Waals surface area contributed by atoms with E-state index in [2.05, 4.69) is 25.9 Å². The van der Waals surface area contributed by atoms with Crippen LogP contribution >= 0.6 is 0 Å². The molecule has 8 nitrogen and oxygen atoms in total. The lowest BCUT2D eigenvalue weighted by Crippen LogP contribution is -2.29. The molecule has 3 N–H and O–H groups in total. The highest BCUT2D eigenvalue weighted by Gasteiger charge is 2.10. The van der Waals surface area contributed by atoms with E-state index in [0.29, 0.717) is 41.9 Å². The van der Waals surface area contributed by atoms with Crippen molar-refractivity contribution in [1.82, 2.24) is 15.3 Å². The minimum absolute atomic E-state index is 0.199. The van der Waals surface area contributed by atoms with E-state index in [1.54, 1.807) is 25.3 Å². The summed E-state index contributed by atoms with van der Waals surface area (Å²) in [5, 5.41) is 9.29. The second-order valence-electron chi connectivity index (χ2n) is 6.96. The normalized spacial score (nSPS) is 10.3. The van der Waals surface area contributed by atoms with Crippen LogP contribution in [-0.2, 0) is 0 Å². The number of benzene rings is 2. The highest BCUT2D eigenvalue weighted by molar-refractivity contribution is 5.94. The quantitative estimate of drug-likeness (QED) is 0.453. The molecule has 0 aliphatic carbocycles. The predicted molar refractivity (Wildman–Crippen MR) is 122 cm³/mol. The molecule has 0 fully saturated rings. The third-order valence-corrected chi connectivity index (χ3v) is 4.52. The van der Waals surface area contributed by atoms with Gasteiger partial charge in [-0.1, -0.05) is 17.7 Å². The van der Waals surface area contributed by atoms with Crippen LogP contribution in [-0.4, -0.2) is 43.2 Å². The van der Waals surface area contributed by atoms with Crippen molar-refractivity contribution in [2.45, 2.75) is 13.8 Å². The lowest BCUT2D eigenvalue weighted by Gasteiger charge is -2.11. The first-order valence-electron chi connectivity index (χ1n) is 9.92. The van der Waals surface area contributed by atoms with E-state index in [4.69, 9.17) is 9.47 Å². The minimum atomic E-state index is -0.199. The summed E-state index contributed by atoms with van der Waals surface area (Å²) in [6.45, 7) is 4.84. The Bertz CT molecular complexity index is 1040. The van der Waals surface area contributed by atoms with Gasteiger partial charge in [-0.3, -0.25) is 4.79 Å². The Morgan fingerprint density at radius 3 is 2.35 bits per heavy atom. The zero-order valence-corrected chi connectivity index (χ0v) is 18.2. The molecule has 0 aliphatic heterocycles. The third kappa shape index (κ3) is 6.08. The van der Waals surface area contributed by atoms with Crippen LogP contribution in [0.5, 0.6) is 11.5 Å². The van der Waals surface area contributed by atoms with Crippen LogP contribution < -0.4 is 25.4 Å². The molecule has 0 saturated heterocycles. The molecule has 1 heterocycles. The van der Waals surface area contributed by atoms with Gasteiger partial charge in [0.25, 0.3) is 5.91 Å². The third-order valence-electron chi connectivity index (χ3n) is 4.52. The summed E-state index contributed by atoms with van der Waals surface area (Å²) in [5.74, 6) is 2.08. The van der Waals surface area contributed by atoms with E-state index in [1.807, 2.05) is 44.2 Å². The van der Waals surface area contributed by atoms with Crippen LogP contribution in [0.2, 0.25) is 0 Å². The number of hydrogen-bond acceptors (Lipinski definition) is 7. The molecule has 0 bridgehead atoms. The SMILES string of the molecule is COc1ccc(C(=O)NCCNc2nc(C)cc(Nc3ccc(C)cc3)n2)cc1OC. The Hall–Kier alpha value is -3.81. The highest BCUT2D eigenvalue weighted by Crippen LogP contribution is 2.27. The van der Waals surface area contributed by atoms with E-state index >= 15 is 0 Å². The second kappa shape index (κ2) is 10.3. The van der Waals surface area contributed by atoms with Crippen molar-refractivity contribution in [2.24, 2.45) is 0 Å². The van der Waals surface area contributed by atoms with Crippen molar-refractivity contribution in [3.05, 3.63) is 65.4 Å². The fourth-order valence-electron chi connectivity index (χ4n) is 2.93. The highest BCUT2D eigenvalue weighted by atomic mass is 16.5. The molecule has 3 rings (SSSR count). The summed E-state index contributed by atoms with van der Waals surface area (Å²) in [6.07, 6.45) is 0. The van der Waals surface area contributed by atoms with Gasteiger partial charge in [0.05, 0.1) is 14.2 Å². The van der Waals surface area contributed by atoms with Gasteiger partial charge in [0.2, 0.25) is 5.95 Å². The zero-order chi connectivity index (χ0) is 22.2. The van der Waals surface area contributed by atoms with Crippen LogP contribution in [0, 0.1) is 13.8 Å². The van der Waals surface area contributed by atoms with Gasteiger partial charge in [-0.2, -0.15) is 4.98 Å². The lowest BCUT2D eigenvalue weighted by atomic mass is 10.2. The number of methoxy groups -OCH3 is 2. The van der Waals surface area contributed by atoms with Crippen molar-refractivity contribution in [3.8, 4) is 11.5 Å². The van der Waals surface area contributed by atoms with E-state index in [-0.39, 0.29) is 5.91 Å². The van der Waals surface area contributed by atoms with Gasteiger partial charge in [0.15, 0.2) is 11.5 Å². The fourth-order valence-corrected chi connectivity index (χ4v) is 2.93. The van der Waals surface area contributed by atoms with Gasteiger partial charge < -0.3 is 25.4 Å². The summed E-state index contributed by atoms with van der Waals surface area (Å²) in [4.78, 5) is 21.3. The van der Waals surface area contributed by atoms with E-state index in [1.165, 1.54) is 12.7 Å². The molecule has 3 aromatic rings. The average Bonchev–Trinajstić information content (AvgIpc) is 2.77. The molecule has 0 aliphatic rings. The molecular weight excluding hydrogens is 394 g/mol. The van der Waals surface area contributed by atoms with Crippen LogP contribution in [0.1, 0.15) is 21.6 Å². The molecule has 31 heavy (non-hydrogen) atoms. The first-order chi connectivity index (χ1) is 15.0. The summed E-state index contributed by atoms with van der Waals surface area (Å²) >= 11 is 0. The Morgan fingerprint density at radius 1 is 0.903 bits per heavy atom. The molecule has 2 aromatic carbocycles. The zero-order valence-electron chi connectivity index (χ0n) is 18.2. The summed E-state index contributed by atoms with van der Waals surface area (Å²) in [6, 6.07) is 15.0. The number of aromatic nitrogens is 2. The van der Waals surface area contributed by atoms with Crippen molar-refractivity contribution in [1.29, 1.82) is 0 Å². The average molecular weight is 422 g/mol. The van der Waals surface area contributed by atoms with Gasteiger partial charge >= 0.3 is 0 Å². The van der Waals surface area contributed by atoms with Crippen LogP contribution in [0.15, 0.2) is 48.5 Å². The summed E-state index contributed by atoms with van der Waals surface area (Å²) < 4.78 is 10.4. The van der Waals surface area contributed by atoms with Crippen molar-refractivity contribution >= 4 is 23.4 Å². The molecular formula is C23H27N5O3. The molecule has 162 valence electrons. The maximum absolute atomic E-state index is 12.4. The second-order valence-corrected chi connectivity index (χ2v) is 6.96. The van der Waals surface area contributed by atoms with E-state index in [0.717, 1.165) is 11.4 Å². The van der Waals surface area contributed by atoms with Crippen LogP contribution in [0.4, 0.5) is 17.5 Å². The number of hydrogen-bond donors (Lipinski definition) is 3. The Balaban J connectivity index is 1.54. The predicted octanol–water partition coefficient (Wildman–Crippen LogP) is 3.70. The molecule has 0 unspecified atom stereocenters. The maximum Gasteiger partial charge on any atom is 0.251 e. The monoisotopic (exact) mass is 421 g/mol. The number of aryl methyl sites for hydroxylation is 2. The van der Waals surface area contributed by atoms with Crippen LogP contribution in [0.25, 0.3) is 0 Å². The van der Waals surface area contributed by atoms with E-state index in [9.17, 15) is 4.79 Å². The largest absolute Gasteiger partial charge is 0.493 e.